The van der Waals surface area contributed by atoms with Gasteiger partial charge in [-0.05, 0) is 67.8 Å². The Labute approximate surface area is 218 Å². The Balaban J connectivity index is 1.18. The number of ether oxygens (including phenoxy) is 3. The van der Waals surface area contributed by atoms with Crippen molar-refractivity contribution in [2.45, 2.75) is 38.6 Å². The molecule has 0 saturated carbocycles. The van der Waals surface area contributed by atoms with Crippen LogP contribution in [-0.2, 0) is 17.8 Å². The smallest absolute Gasteiger partial charge is 0.257 e. The molecule has 1 aromatic heterocycles. The van der Waals surface area contributed by atoms with Crippen molar-refractivity contribution in [3.8, 4) is 17.2 Å². The SMILES string of the molecule is COc1ccc(OCCCn2c(CCCCCNC(=O)COc3ccccc3)nc3ccccc32)cc1. The number of carbonyl (C=O) groups excluding carboxylic acids is 1. The van der Waals surface area contributed by atoms with Crippen molar-refractivity contribution in [3.63, 3.8) is 0 Å². The maximum atomic E-state index is 12.0. The maximum absolute atomic E-state index is 12.0. The number of nitrogens with zero attached hydrogens (tertiary/aromatic N) is 2. The lowest BCUT2D eigenvalue weighted by Gasteiger charge is -2.11. The Morgan fingerprint density at radius 3 is 2.35 bits per heavy atom. The fraction of sp³-hybridized carbons (Fsp3) is 0.333. The second-order valence-electron chi connectivity index (χ2n) is 8.81. The van der Waals surface area contributed by atoms with Crippen LogP contribution in [0.2, 0.25) is 0 Å². The van der Waals surface area contributed by atoms with Crippen LogP contribution in [-0.4, -0.2) is 42.3 Å². The minimum absolute atomic E-state index is 0.0379. The monoisotopic (exact) mass is 501 g/mol. The van der Waals surface area contributed by atoms with Gasteiger partial charge in [0.05, 0.1) is 24.8 Å². The summed E-state index contributed by atoms with van der Waals surface area (Å²) in [5.41, 5.74) is 2.19. The van der Waals surface area contributed by atoms with Crippen LogP contribution in [0.4, 0.5) is 0 Å². The van der Waals surface area contributed by atoms with Gasteiger partial charge in [-0.1, -0.05) is 36.8 Å². The lowest BCUT2D eigenvalue weighted by molar-refractivity contribution is -0.123. The van der Waals surface area contributed by atoms with Gasteiger partial charge in [-0.25, -0.2) is 4.98 Å². The molecule has 0 unspecified atom stereocenters. The Hall–Kier alpha value is -4.00. The Morgan fingerprint density at radius 2 is 1.54 bits per heavy atom. The lowest BCUT2D eigenvalue weighted by Crippen LogP contribution is -2.29. The number of carbonyl (C=O) groups is 1. The molecule has 7 heteroatoms. The third-order valence-corrected chi connectivity index (χ3v) is 6.10. The zero-order chi connectivity index (χ0) is 25.7. The molecule has 0 aliphatic rings. The van der Waals surface area contributed by atoms with Crippen molar-refractivity contribution in [1.29, 1.82) is 0 Å². The van der Waals surface area contributed by atoms with E-state index in [9.17, 15) is 4.79 Å². The summed E-state index contributed by atoms with van der Waals surface area (Å²) in [5.74, 6) is 3.37. The molecular weight excluding hydrogens is 466 g/mol. The van der Waals surface area contributed by atoms with Gasteiger partial charge in [-0.15, -0.1) is 0 Å². The normalized spacial score (nSPS) is 10.8. The zero-order valence-corrected chi connectivity index (χ0v) is 21.4. The molecule has 7 nitrogen and oxygen atoms in total. The van der Waals surface area contributed by atoms with Crippen LogP contribution in [0.25, 0.3) is 11.0 Å². The van der Waals surface area contributed by atoms with Crippen LogP contribution in [0.15, 0.2) is 78.9 Å². The molecule has 1 amide bonds. The molecule has 4 rings (SSSR count). The Morgan fingerprint density at radius 1 is 0.811 bits per heavy atom. The van der Waals surface area contributed by atoms with Gasteiger partial charge >= 0.3 is 0 Å². The first-order valence-corrected chi connectivity index (χ1v) is 12.9. The predicted octanol–water partition coefficient (Wildman–Crippen LogP) is 5.42. The van der Waals surface area contributed by atoms with Gasteiger partial charge in [0.25, 0.3) is 5.91 Å². The first kappa shape index (κ1) is 26.1. The fourth-order valence-corrected chi connectivity index (χ4v) is 4.18. The molecule has 0 atom stereocenters. The van der Waals surface area contributed by atoms with Gasteiger partial charge in [0, 0.05) is 19.5 Å². The van der Waals surface area contributed by atoms with Gasteiger partial charge in [-0.3, -0.25) is 4.79 Å². The number of benzene rings is 3. The van der Waals surface area contributed by atoms with E-state index in [4.69, 9.17) is 19.2 Å². The highest BCUT2D eigenvalue weighted by Gasteiger charge is 2.10. The standard InChI is InChI=1S/C30H35N3O4/c1-35-24-16-18-26(19-17-24)36-22-10-21-33-28-14-8-7-13-27(28)32-29(33)15-6-3-9-20-31-30(34)23-37-25-11-4-2-5-12-25/h2,4-5,7-8,11-14,16-19H,3,6,9-10,15,20-23H2,1H3,(H,31,34). The third-order valence-electron chi connectivity index (χ3n) is 6.10. The molecule has 1 N–H and O–H groups in total. The average molecular weight is 502 g/mol. The molecular formula is C30H35N3O4. The molecule has 0 aliphatic carbocycles. The summed E-state index contributed by atoms with van der Waals surface area (Å²) in [6.45, 7) is 2.17. The highest BCUT2D eigenvalue weighted by atomic mass is 16.5. The van der Waals surface area contributed by atoms with E-state index in [0.29, 0.717) is 18.9 Å². The number of hydrogen-bond acceptors (Lipinski definition) is 5. The van der Waals surface area contributed by atoms with E-state index < -0.39 is 0 Å². The van der Waals surface area contributed by atoms with E-state index in [1.165, 1.54) is 0 Å². The number of unbranched alkanes of at least 4 members (excludes halogenated alkanes) is 2. The minimum Gasteiger partial charge on any atom is -0.497 e. The molecule has 194 valence electrons. The molecule has 37 heavy (non-hydrogen) atoms. The lowest BCUT2D eigenvalue weighted by atomic mass is 10.2. The van der Waals surface area contributed by atoms with Gasteiger partial charge in [-0.2, -0.15) is 0 Å². The van der Waals surface area contributed by atoms with Gasteiger partial charge in [0.1, 0.15) is 23.1 Å². The number of imidazole rings is 1. The number of hydrogen-bond donors (Lipinski definition) is 1. The summed E-state index contributed by atoms with van der Waals surface area (Å²) in [7, 11) is 1.66. The molecule has 1 heterocycles. The molecule has 4 aromatic rings. The number of para-hydroxylation sites is 3. The van der Waals surface area contributed by atoms with Crippen LogP contribution < -0.4 is 19.5 Å². The van der Waals surface area contributed by atoms with Gasteiger partial charge < -0.3 is 24.1 Å². The van der Waals surface area contributed by atoms with Gasteiger partial charge in [0.2, 0.25) is 0 Å². The average Bonchev–Trinajstić information content (AvgIpc) is 3.30. The number of rotatable bonds is 15. The first-order chi connectivity index (χ1) is 18.2. The zero-order valence-electron chi connectivity index (χ0n) is 21.4. The van der Waals surface area contributed by atoms with Crippen molar-refractivity contribution in [3.05, 3.63) is 84.7 Å². The van der Waals surface area contributed by atoms with Crippen LogP contribution in [0.1, 0.15) is 31.5 Å². The third kappa shape index (κ3) is 8.00. The van der Waals surface area contributed by atoms with Crippen molar-refractivity contribution in [2.75, 3.05) is 26.9 Å². The number of amides is 1. The van der Waals surface area contributed by atoms with Crippen molar-refractivity contribution in [1.82, 2.24) is 14.9 Å². The topological polar surface area (TPSA) is 74.6 Å². The number of methoxy groups -OCH3 is 1. The Kier molecular flexibility index (Phi) is 9.81. The van der Waals surface area contributed by atoms with Crippen LogP contribution in [0, 0.1) is 0 Å². The molecule has 0 aliphatic heterocycles. The molecule has 0 radical (unpaired) electrons. The first-order valence-electron chi connectivity index (χ1n) is 12.9. The summed E-state index contributed by atoms with van der Waals surface area (Å²) >= 11 is 0. The van der Waals surface area contributed by atoms with E-state index in [1.807, 2.05) is 60.7 Å². The van der Waals surface area contributed by atoms with E-state index in [1.54, 1.807) is 7.11 Å². The van der Waals surface area contributed by atoms with Crippen molar-refractivity contribution >= 4 is 16.9 Å². The van der Waals surface area contributed by atoms with Crippen LogP contribution in [0.3, 0.4) is 0 Å². The fourth-order valence-electron chi connectivity index (χ4n) is 4.18. The quantitative estimate of drug-likeness (QED) is 0.220. The summed E-state index contributed by atoms with van der Waals surface area (Å²) in [6, 6.07) is 25.3. The second kappa shape index (κ2) is 13.9. The predicted molar refractivity (Wildman–Crippen MR) is 145 cm³/mol. The number of aromatic nitrogens is 2. The highest BCUT2D eigenvalue weighted by molar-refractivity contribution is 5.77. The summed E-state index contributed by atoms with van der Waals surface area (Å²) in [5, 5.41) is 2.93. The van der Waals surface area contributed by atoms with Crippen LogP contribution >= 0.6 is 0 Å². The molecule has 0 saturated heterocycles. The van der Waals surface area contributed by atoms with Crippen molar-refractivity contribution < 1.29 is 19.0 Å². The summed E-state index contributed by atoms with van der Waals surface area (Å²) in [6.07, 6.45) is 4.74. The molecule has 3 aromatic carbocycles. The molecule has 0 fully saturated rings. The van der Waals surface area contributed by atoms with E-state index >= 15 is 0 Å². The number of nitrogens with one attached hydrogen (secondary N) is 1. The summed E-state index contributed by atoms with van der Waals surface area (Å²) < 4.78 is 18.9. The molecule has 0 bridgehead atoms. The number of aryl methyl sites for hydroxylation is 2. The van der Waals surface area contributed by atoms with E-state index in [0.717, 1.165) is 67.0 Å². The largest absolute Gasteiger partial charge is 0.497 e. The van der Waals surface area contributed by atoms with Crippen molar-refractivity contribution in [2.24, 2.45) is 0 Å². The summed E-state index contributed by atoms with van der Waals surface area (Å²) in [4.78, 5) is 16.9. The van der Waals surface area contributed by atoms with Gasteiger partial charge in [0.15, 0.2) is 6.61 Å². The molecule has 0 spiro atoms. The Bertz CT molecular complexity index is 1240. The minimum atomic E-state index is -0.0949. The maximum Gasteiger partial charge on any atom is 0.257 e. The van der Waals surface area contributed by atoms with E-state index in [2.05, 4.69) is 28.1 Å². The second-order valence-corrected chi connectivity index (χ2v) is 8.81. The highest BCUT2D eigenvalue weighted by Crippen LogP contribution is 2.20. The number of fused-ring (bicyclic) bond motifs is 1. The van der Waals surface area contributed by atoms with E-state index in [-0.39, 0.29) is 12.5 Å². The van der Waals surface area contributed by atoms with Crippen LogP contribution in [0.5, 0.6) is 17.2 Å².